The van der Waals surface area contributed by atoms with Crippen LogP contribution in [0.2, 0.25) is 0 Å². The van der Waals surface area contributed by atoms with Crippen LogP contribution in [0.4, 0.5) is 5.69 Å². The Bertz CT molecular complexity index is 898. The number of hydrogen-bond acceptors (Lipinski definition) is 6. The maximum absolute atomic E-state index is 12.3. The van der Waals surface area contributed by atoms with Gasteiger partial charge in [0.1, 0.15) is 11.4 Å². The van der Waals surface area contributed by atoms with Gasteiger partial charge >= 0.3 is 0 Å². The topological polar surface area (TPSA) is 134 Å². The van der Waals surface area contributed by atoms with E-state index in [-0.39, 0.29) is 17.9 Å². The molecule has 0 radical (unpaired) electrons. The lowest BCUT2D eigenvalue weighted by Gasteiger charge is -2.20. The highest BCUT2D eigenvalue weighted by Gasteiger charge is 2.28. The molecule has 9 heteroatoms. The third-order valence-corrected chi connectivity index (χ3v) is 3.62. The summed E-state index contributed by atoms with van der Waals surface area (Å²) < 4.78 is 5.14. The van der Waals surface area contributed by atoms with Crippen LogP contribution in [0, 0.1) is 10.1 Å². The number of nitrogens with one attached hydrogen (secondary N) is 2. The Morgan fingerprint density at radius 1 is 1.50 bits per heavy atom. The van der Waals surface area contributed by atoms with E-state index >= 15 is 0 Å². The zero-order valence-electron chi connectivity index (χ0n) is 12.6. The first-order valence-corrected chi connectivity index (χ1v) is 7.05. The van der Waals surface area contributed by atoms with Gasteiger partial charge in [-0.3, -0.25) is 20.0 Å². The number of carbonyl (C=O) groups is 1. The molecule has 0 spiro atoms. The van der Waals surface area contributed by atoms with Gasteiger partial charge in [-0.05, 0) is 25.1 Å². The molecular weight excluding hydrogens is 316 g/mol. The minimum Gasteiger partial charge on any atom is -0.466 e. The van der Waals surface area contributed by atoms with Crippen LogP contribution in [-0.2, 0) is 5.60 Å². The molecule has 0 bridgehead atoms. The molecule has 1 amide bonds. The molecule has 2 heterocycles. The van der Waals surface area contributed by atoms with Gasteiger partial charge < -0.3 is 14.8 Å². The molecule has 0 saturated heterocycles. The predicted molar refractivity (Wildman–Crippen MR) is 83.4 cm³/mol. The van der Waals surface area contributed by atoms with Crippen LogP contribution in [0.3, 0.4) is 0 Å². The lowest BCUT2D eigenvalue weighted by molar-refractivity contribution is -0.384. The van der Waals surface area contributed by atoms with Gasteiger partial charge in [0.15, 0.2) is 5.69 Å². The van der Waals surface area contributed by atoms with Crippen molar-refractivity contribution in [3.05, 3.63) is 58.2 Å². The van der Waals surface area contributed by atoms with Crippen molar-refractivity contribution in [3.63, 3.8) is 0 Å². The van der Waals surface area contributed by atoms with Crippen LogP contribution in [-0.4, -0.2) is 32.7 Å². The molecule has 2 aromatic heterocycles. The number of amides is 1. The number of non-ortho nitro benzene ring substituents is 1. The summed E-state index contributed by atoms with van der Waals surface area (Å²) in [7, 11) is 0. The van der Waals surface area contributed by atoms with E-state index in [1.807, 2.05) is 0 Å². The molecule has 124 valence electrons. The Hall–Kier alpha value is -3.20. The van der Waals surface area contributed by atoms with Crippen LogP contribution in [0.15, 0.2) is 41.0 Å². The number of nitro groups is 1. The molecule has 1 atom stereocenters. The number of aliphatic hydroxyl groups is 1. The number of H-pyrrole nitrogens is 1. The Morgan fingerprint density at radius 2 is 2.29 bits per heavy atom. The molecule has 1 aromatic carbocycles. The number of aromatic amines is 1. The summed E-state index contributed by atoms with van der Waals surface area (Å²) in [5, 5.41) is 30.6. The second-order valence-electron chi connectivity index (χ2n) is 5.49. The summed E-state index contributed by atoms with van der Waals surface area (Å²) in [4.78, 5) is 22.6. The first kappa shape index (κ1) is 15.7. The van der Waals surface area contributed by atoms with Crippen LogP contribution < -0.4 is 5.32 Å². The molecule has 3 aromatic rings. The smallest absolute Gasteiger partial charge is 0.272 e. The standard InChI is InChI=1S/C15H14N4O5/c1-15(21,12-3-2-6-24-12)8-16-14(20)13-10-7-9(19(22)23)4-5-11(10)17-18-13/h2-7,21H,8H2,1H3,(H,16,20)(H,17,18). The molecule has 0 fully saturated rings. The Morgan fingerprint density at radius 3 is 2.96 bits per heavy atom. The number of nitro benzene ring substituents is 1. The SMILES string of the molecule is CC(O)(CNC(=O)c1n[nH]c2ccc([N+](=O)[O-])cc12)c1ccco1. The Balaban J connectivity index is 1.81. The van der Waals surface area contributed by atoms with Crippen molar-refractivity contribution < 1.29 is 19.2 Å². The number of nitrogens with zero attached hydrogens (tertiary/aromatic N) is 2. The Kier molecular flexibility index (Phi) is 3.78. The normalized spacial score (nSPS) is 13.6. The van der Waals surface area contributed by atoms with Gasteiger partial charge in [0.2, 0.25) is 0 Å². The Labute approximate surface area is 135 Å². The van der Waals surface area contributed by atoms with Gasteiger partial charge in [-0.15, -0.1) is 0 Å². The minimum atomic E-state index is -1.39. The first-order valence-electron chi connectivity index (χ1n) is 7.05. The van der Waals surface area contributed by atoms with Crippen molar-refractivity contribution in [1.29, 1.82) is 0 Å². The molecule has 0 aliphatic carbocycles. The van der Waals surface area contributed by atoms with Crippen LogP contribution in [0.25, 0.3) is 10.9 Å². The van der Waals surface area contributed by atoms with Crippen molar-refractivity contribution >= 4 is 22.5 Å². The predicted octanol–water partition coefficient (Wildman–Crippen LogP) is 1.70. The quantitative estimate of drug-likeness (QED) is 0.481. The van der Waals surface area contributed by atoms with Gasteiger partial charge in [-0.1, -0.05) is 0 Å². The largest absolute Gasteiger partial charge is 0.466 e. The van der Waals surface area contributed by atoms with E-state index in [2.05, 4.69) is 15.5 Å². The third kappa shape index (κ3) is 2.84. The number of rotatable bonds is 5. The molecular formula is C15H14N4O5. The molecule has 0 aliphatic heterocycles. The molecule has 0 saturated carbocycles. The average molecular weight is 330 g/mol. The lowest BCUT2D eigenvalue weighted by Crippen LogP contribution is -2.38. The van der Waals surface area contributed by atoms with Crippen molar-refractivity contribution in [2.45, 2.75) is 12.5 Å². The van der Waals surface area contributed by atoms with Gasteiger partial charge in [0, 0.05) is 17.5 Å². The summed E-state index contributed by atoms with van der Waals surface area (Å²) in [5.41, 5.74) is -1.01. The van der Waals surface area contributed by atoms with E-state index in [0.29, 0.717) is 16.7 Å². The van der Waals surface area contributed by atoms with E-state index in [1.165, 1.54) is 31.4 Å². The number of furan rings is 1. The van der Waals surface area contributed by atoms with E-state index in [4.69, 9.17) is 4.42 Å². The van der Waals surface area contributed by atoms with Crippen LogP contribution in [0.1, 0.15) is 23.2 Å². The summed E-state index contributed by atoms with van der Waals surface area (Å²) in [6.45, 7) is 1.39. The van der Waals surface area contributed by atoms with E-state index < -0.39 is 16.4 Å². The van der Waals surface area contributed by atoms with Crippen molar-refractivity contribution in [2.75, 3.05) is 6.54 Å². The second kappa shape index (κ2) is 5.78. The second-order valence-corrected chi connectivity index (χ2v) is 5.49. The maximum atomic E-state index is 12.3. The molecule has 3 N–H and O–H groups in total. The van der Waals surface area contributed by atoms with Gasteiger partial charge in [-0.2, -0.15) is 5.10 Å². The number of carbonyl (C=O) groups excluding carboxylic acids is 1. The van der Waals surface area contributed by atoms with Gasteiger partial charge in [0.05, 0.1) is 23.2 Å². The summed E-state index contributed by atoms with van der Waals surface area (Å²) in [6, 6.07) is 7.31. The summed E-state index contributed by atoms with van der Waals surface area (Å²) in [6.07, 6.45) is 1.42. The highest BCUT2D eigenvalue weighted by Crippen LogP contribution is 2.23. The van der Waals surface area contributed by atoms with E-state index in [0.717, 1.165) is 0 Å². The molecule has 3 rings (SSSR count). The van der Waals surface area contributed by atoms with Crippen molar-refractivity contribution in [3.8, 4) is 0 Å². The van der Waals surface area contributed by atoms with Gasteiger partial charge in [-0.25, -0.2) is 0 Å². The fraction of sp³-hybridized carbons (Fsp3) is 0.200. The highest BCUT2D eigenvalue weighted by atomic mass is 16.6. The molecule has 24 heavy (non-hydrogen) atoms. The molecule has 9 nitrogen and oxygen atoms in total. The zero-order chi connectivity index (χ0) is 17.3. The zero-order valence-corrected chi connectivity index (χ0v) is 12.6. The molecule has 1 unspecified atom stereocenters. The number of benzene rings is 1. The fourth-order valence-corrected chi connectivity index (χ4v) is 2.30. The van der Waals surface area contributed by atoms with E-state index in [9.17, 15) is 20.0 Å². The lowest BCUT2D eigenvalue weighted by atomic mass is 10.0. The first-order chi connectivity index (χ1) is 11.4. The van der Waals surface area contributed by atoms with E-state index in [1.54, 1.807) is 12.1 Å². The summed E-state index contributed by atoms with van der Waals surface area (Å²) in [5.74, 6) is -0.251. The molecule has 0 aliphatic rings. The van der Waals surface area contributed by atoms with Crippen molar-refractivity contribution in [2.24, 2.45) is 0 Å². The number of fused-ring (bicyclic) bond motifs is 1. The summed E-state index contributed by atoms with van der Waals surface area (Å²) >= 11 is 0. The third-order valence-electron chi connectivity index (χ3n) is 3.62. The maximum Gasteiger partial charge on any atom is 0.272 e. The number of aromatic nitrogens is 2. The van der Waals surface area contributed by atoms with Crippen LogP contribution >= 0.6 is 0 Å². The number of hydrogen-bond donors (Lipinski definition) is 3. The highest BCUT2D eigenvalue weighted by molar-refractivity contribution is 6.05. The average Bonchev–Trinajstić information content (AvgIpc) is 3.21. The monoisotopic (exact) mass is 330 g/mol. The fourth-order valence-electron chi connectivity index (χ4n) is 2.30. The van der Waals surface area contributed by atoms with Crippen LogP contribution in [0.5, 0.6) is 0 Å². The van der Waals surface area contributed by atoms with Gasteiger partial charge in [0.25, 0.3) is 11.6 Å². The minimum absolute atomic E-state index is 0.0175. The van der Waals surface area contributed by atoms with Crippen molar-refractivity contribution in [1.82, 2.24) is 15.5 Å².